The van der Waals surface area contributed by atoms with Crippen LogP contribution in [0.25, 0.3) is 0 Å². The van der Waals surface area contributed by atoms with Crippen molar-refractivity contribution in [3.8, 4) is 0 Å². The Morgan fingerprint density at radius 2 is 0.652 bits per heavy atom. The first-order valence-corrected chi connectivity index (χ1v) is 25.2. The molecule has 0 heterocycles. The highest BCUT2D eigenvalue weighted by Crippen LogP contribution is 2.10. The maximum atomic E-state index is 12.8. The van der Waals surface area contributed by atoms with Gasteiger partial charge >= 0.3 is 17.9 Å². The third-order valence-corrected chi connectivity index (χ3v) is 9.56. The number of carbonyl (C=O) groups is 3. The van der Waals surface area contributed by atoms with E-state index in [9.17, 15) is 14.4 Å². The van der Waals surface area contributed by atoms with Crippen molar-refractivity contribution in [1.82, 2.24) is 0 Å². The average molecular weight is 905 g/mol. The van der Waals surface area contributed by atoms with Gasteiger partial charge in [0.05, 0.1) is 0 Å². The molecule has 0 aliphatic heterocycles. The largest absolute Gasteiger partial charge is 0.462 e. The Hall–Kier alpha value is -5.23. The van der Waals surface area contributed by atoms with Gasteiger partial charge in [-0.15, -0.1) is 0 Å². The number of unbranched alkanes of at least 4 members (excludes halogenated alkanes) is 6. The van der Waals surface area contributed by atoms with E-state index in [2.05, 4.69) is 142 Å². The van der Waals surface area contributed by atoms with Gasteiger partial charge in [0.15, 0.2) is 6.10 Å². The van der Waals surface area contributed by atoms with Crippen LogP contribution in [0.4, 0.5) is 0 Å². The SMILES string of the molecule is CC/C=C/C=C/C=C/C=C/CCCCCC(=O)OCC(COC(=O)CC/C=C/C/C=C/C/C=C/C/C=C/C/C=C/C/C=C/CC)OC(=O)CCCCC/C=C/C/C=C/C/C=C/C/C=C/CC. The lowest BCUT2D eigenvalue weighted by atomic mass is 10.1. The van der Waals surface area contributed by atoms with E-state index in [-0.39, 0.29) is 50.4 Å². The minimum absolute atomic E-state index is 0.144. The van der Waals surface area contributed by atoms with E-state index in [1.54, 1.807) is 0 Å². The summed E-state index contributed by atoms with van der Waals surface area (Å²) in [4.78, 5) is 37.9. The predicted molar refractivity (Wildman–Crippen MR) is 283 cm³/mol. The van der Waals surface area contributed by atoms with Gasteiger partial charge in [-0.25, -0.2) is 0 Å². The first kappa shape index (κ1) is 60.8. The van der Waals surface area contributed by atoms with E-state index in [0.29, 0.717) is 19.3 Å². The lowest BCUT2D eigenvalue weighted by molar-refractivity contribution is -0.166. The molecule has 0 amide bonds. The monoisotopic (exact) mass is 905 g/mol. The highest BCUT2D eigenvalue weighted by molar-refractivity contribution is 5.71. The van der Waals surface area contributed by atoms with Crippen LogP contribution in [0.5, 0.6) is 0 Å². The predicted octanol–water partition coefficient (Wildman–Crippen LogP) is 16.8. The molecule has 364 valence electrons. The molecule has 0 aliphatic carbocycles. The molecule has 0 radical (unpaired) electrons. The Bertz CT molecular complexity index is 1600. The Kier molecular flexibility index (Phi) is 48.2. The molecule has 0 aromatic rings. The van der Waals surface area contributed by atoms with Crippen molar-refractivity contribution in [3.05, 3.63) is 170 Å². The molecule has 1 atom stereocenters. The Labute approximate surface area is 402 Å². The average Bonchev–Trinajstić information content (AvgIpc) is 3.31. The zero-order valence-corrected chi connectivity index (χ0v) is 41.4. The third-order valence-electron chi connectivity index (χ3n) is 9.56. The Balaban J connectivity index is 4.66. The third kappa shape index (κ3) is 49.8. The fourth-order valence-corrected chi connectivity index (χ4v) is 5.88. The summed E-state index contributed by atoms with van der Waals surface area (Å²) in [5.74, 6) is -1.12. The van der Waals surface area contributed by atoms with E-state index in [0.717, 1.165) is 109 Å². The Morgan fingerprint density at radius 1 is 0.318 bits per heavy atom. The fraction of sp³-hybridized carbons (Fsp3) is 0.483. The molecule has 0 fully saturated rings. The van der Waals surface area contributed by atoms with Crippen LogP contribution in [-0.2, 0) is 28.6 Å². The molecule has 0 aromatic heterocycles. The summed E-state index contributed by atoms with van der Waals surface area (Å²) in [7, 11) is 0. The smallest absolute Gasteiger partial charge is 0.306 e. The molecule has 6 heteroatoms. The number of esters is 3. The first-order chi connectivity index (χ1) is 32.5. The quantitative estimate of drug-likeness (QED) is 0.0200. The maximum absolute atomic E-state index is 12.8. The molecule has 0 spiro atoms. The summed E-state index contributed by atoms with van der Waals surface area (Å²) in [6.07, 6.45) is 77.8. The summed E-state index contributed by atoms with van der Waals surface area (Å²) < 4.78 is 16.6. The number of hydrogen-bond acceptors (Lipinski definition) is 6. The normalized spacial score (nSPS) is 13.6. The van der Waals surface area contributed by atoms with Crippen LogP contribution in [0.3, 0.4) is 0 Å². The number of carbonyl (C=O) groups excluding carboxylic acids is 3. The van der Waals surface area contributed by atoms with Crippen LogP contribution >= 0.6 is 0 Å². The zero-order chi connectivity index (χ0) is 47.9. The topological polar surface area (TPSA) is 78.9 Å². The molecular formula is C60H88O6. The van der Waals surface area contributed by atoms with Crippen LogP contribution in [0.15, 0.2) is 170 Å². The number of rotatable bonds is 42. The standard InChI is InChI=1S/C60H88O6/c1-4-7-10-13-16-19-22-25-27-29-30-31-33-35-38-41-44-47-50-53-59(62)65-56-57(55-64-58(61)52-49-46-43-40-37-34-24-21-18-15-12-9-6-3)66-60(63)54-51-48-45-42-39-36-32-28-26-23-20-17-14-11-8-5-2/h7-12,15-21,24-28,30-31,34-39,44,47,57H,4-6,13-14,22-23,29,32-33,40-43,45-46,48-56H2,1-3H3/b10-7+,11-8+,12-9+,18-15+,19-16+,20-17+,24-21+,27-25+,28-26+,31-30+,37-34+,38-35+,39-36+,47-44+. The van der Waals surface area contributed by atoms with Crippen LogP contribution in [0.1, 0.15) is 168 Å². The van der Waals surface area contributed by atoms with Crippen molar-refractivity contribution in [2.75, 3.05) is 13.2 Å². The Morgan fingerprint density at radius 3 is 1.09 bits per heavy atom. The van der Waals surface area contributed by atoms with Gasteiger partial charge in [-0.1, -0.05) is 204 Å². The van der Waals surface area contributed by atoms with Crippen molar-refractivity contribution < 1.29 is 28.6 Å². The molecule has 0 saturated heterocycles. The maximum Gasteiger partial charge on any atom is 0.306 e. The molecule has 0 aliphatic rings. The molecule has 0 rings (SSSR count). The van der Waals surface area contributed by atoms with Crippen LogP contribution in [-0.4, -0.2) is 37.2 Å². The van der Waals surface area contributed by atoms with Gasteiger partial charge < -0.3 is 14.2 Å². The molecule has 1 unspecified atom stereocenters. The van der Waals surface area contributed by atoms with Crippen molar-refractivity contribution in [3.63, 3.8) is 0 Å². The highest BCUT2D eigenvalue weighted by atomic mass is 16.6. The van der Waals surface area contributed by atoms with Gasteiger partial charge in [0.25, 0.3) is 0 Å². The summed E-state index contributed by atoms with van der Waals surface area (Å²) in [5.41, 5.74) is 0. The van der Waals surface area contributed by atoms with Crippen LogP contribution in [0.2, 0.25) is 0 Å². The van der Waals surface area contributed by atoms with Crippen molar-refractivity contribution >= 4 is 17.9 Å². The van der Waals surface area contributed by atoms with Gasteiger partial charge in [-0.3, -0.25) is 14.4 Å². The second-order valence-corrected chi connectivity index (χ2v) is 15.7. The van der Waals surface area contributed by atoms with Crippen LogP contribution < -0.4 is 0 Å². The molecule has 66 heavy (non-hydrogen) atoms. The van der Waals surface area contributed by atoms with E-state index in [1.807, 2.05) is 48.6 Å². The second-order valence-electron chi connectivity index (χ2n) is 15.7. The van der Waals surface area contributed by atoms with E-state index in [1.165, 1.54) is 0 Å². The van der Waals surface area contributed by atoms with E-state index in [4.69, 9.17) is 14.2 Å². The second kappa shape index (κ2) is 52.4. The summed E-state index contributed by atoms with van der Waals surface area (Å²) in [6, 6.07) is 0. The number of allylic oxidation sites excluding steroid dienone is 28. The van der Waals surface area contributed by atoms with Gasteiger partial charge in [-0.05, 0) is 116 Å². The van der Waals surface area contributed by atoms with E-state index < -0.39 is 6.10 Å². The first-order valence-electron chi connectivity index (χ1n) is 25.2. The lowest BCUT2D eigenvalue weighted by Gasteiger charge is -2.18. The minimum Gasteiger partial charge on any atom is -0.462 e. The summed E-state index contributed by atoms with van der Waals surface area (Å²) >= 11 is 0. The van der Waals surface area contributed by atoms with Gasteiger partial charge in [0.1, 0.15) is 13.2 Å². The van der Waals surface area contributed by atoms with Gasteiger partial charge in [0.2, 0.25) is 0 Å². The molecule has 0 saturated carbocycles. The molecule has 0 bridgehead atoms. The lowest BCUT2D eigenvalue weighted by Crippen LogP contribution is -2.30. The number of ether oxygens (including phenoxy) is 3. The van der Waals surface area contributed by atoms with Crippen molar-refractivity contribution in [2.24, 2.45) is 0 Å². The van der Waals surface area contributed by atoms with Gasteiger partial charge in [0, 0.05) is 19.3 Å². The number of hydrogen-bond donors (Lipinski definition) is 0. The highest BCUT2D eigenvalue weighted by Gasteiger charge is 2.19. The minimum atomic E-state index is -0.851. The summed E-state index contributed by atoms with van der Waals surface area (Å²) in [6.45, 7) is 6.10. The zero-order valence-electron chi connectivity index (χ0n) is 41.4. The molecular weight excluding hydrogens is 817 g/mol. The van der Waals surface area contributed by atoms with Crippen molar-refractivity contribution in [1.29, 1.82) is 0 Å². The molecule has 0 N–H and O–H groups in total. The fourth-order valence-electron chi connectivity index (χ4n) is 5.88. The van der Waals surface area contributed by atoms with Crippen LogP contribution in [0, 0.1) is 0 Å². The molecule has 6 nitrogen and oxygen atoms in total. The van der Waals surface area contributed by atoms with E-state index >= 15 is 0 Å². The summed E-state index contributed by atoms with van der Waals surface area (Å²) in [5, 5.41) is 0. The molecule has 0 aromatic carbocycles. The van der Waals surface area contributed by atoms with Gasteiger partial charge in [-0.2, -0.15) is 0 Å². The van der Waals surface area contributed by atoms with Crippen molar-refractivity contribution in [2.45, 2.75) is 175 Å².